The summed E-state index contributed by atoms with van der Waals surface area (Å²) in [7, 11) is 0. The normalized spacial score (nSPS) is 12.8. The molecule has 0 saturated heterocycles. The van der Waals surface area contributed by atoms with Crippen LogP contribution in [-0.2, 0) is 16.0 Å². The number of halogens is 1. The van der Waals surface area contributed by atoms with E-state index in [1.165, 1.54) is 17.3 Å². The number of benzene rings is 4. The Labute approximate surface area is 248 Å². The Bertz CT molecular complexity index is 1570. The van der Waals surface area contributed by atoms with Crippen LogP contribution in [0.3, 0.4) is 0 Å². The molecular weight excluding hydrogens is 554 g/mol. The van der Waals surface area contributed by atoms with Gasteiger partial charge in [-0.25, -0.2) is 0 Å². The minimum absolute atomic E-state index is 0.0747. The maximum atomic E-state index is 13.3. The molecule has 1 aliphatic heterocycles. The SMILES string of the molecule is O=C(Nc1ccc(SCC(=O)N2CCCc3ccccc32)cc1)/C(=C/c1ccc(Cl)cc1)NC(=O)c1ccccc1. The van der Waals surface area contributed by atoms with Crippen molar-refractivity contribution in [3.63, 3.8) is 0 Å². The zero-order valence-corrected chi connectivity index (χ0v) is 23.8. The molecule has 0 radical (unpaired) electrons. The molecule has 0 bridgehead atoms. The Hall–Kier alpha value is -4.33. The van der Waals surface area contributed by atoms with Crippen molar-refractivity contribution in [1.29, 1.82) is 0 Å². The first-order valence-corrected chi connectivity index (χ1v) is 14.6. The summed E-state index contributed by atoms with van der Waals surface area (Å²) >= 11 is 7.46. The van der Waals surface area contributed by atoms with Crippen LogP contribution >= 0.6 is 23.4 Å². The van der Waals surface area contributed by atoms with Crippen LogP contribution in [0.2, 0.25) is 5.02 Å². The quantitative estimate of drug-likeness (QED) is 0.177. The van der Waals surface area contributed by atoms with Gasteiger partial charge in [0.05, 0.1) is 5.75 Å². The average molecular weight is 582 g/mol. The van der Waals surface area contributed by atoms with Gasteiger partial charge in [-0.15, -0.1) is 11.8 Å². The Kier molecular flexibility index (Phi) is 9.19. The molecule has 3 amide bonds. The summed E-state index contributed by atoms with van der Waals surface area (Å²) in [6.07, 6.45) is 3.55. The molecule has 0 atom stereocenters. The number of carbonyl (C=O) groups excluding carboxylic acids is 3. The van der Waals surface area contributed by atoms with Crippen LogP contribution in [0.5, 0.6) is 0 Å². The minimum Gasteiger partial charge on any atom is -0.321 e. The second kappa shape index (κ2) is 13.4. The monoisotopic (exact) mass is 581 g/mol. The van der Waals surface area contributed by atoms with E-state index >= 15 is 0 Å². The minimum atomic E-state index is -0.469. The molecule has 0 spiro atoms. The lowest BCUT2D eigenvalue weighted by Crippen LogP contribution is -2.36. The molecule has 2 N–H and O–H groups in total. The van der Waals surface area contributed by atoms with Gasteiger partial charge in [0.2, 0.25) is 5.91 Å². The second-order valence-corrected chi connectivity index (χ2v) is 11.0. The van der Waals surface area contributed by atoms with Crippen LogP contribution in [0.15, 0.2) is 114 Å². The molecule has 1 aliphatic rings. The van der Waals surface area contributed by atoms with E-state index in [9.17, 15) is 14.4 Å². The molecule has 5 rings (SSSR count). The fourth-order valence-electron chi connectivity index (χ4n) is 4.52. The Balaban J connectivity index is 1.24. The van der Waals surface area contributed by atoms with Crippen LogP contribution in [0.1, 0.15) is 27.9 Å². The van der Waals surface area contributed by atoms with Crippen LogP contribution in [-0.4, -0.2) is 30.0 Å². The first-order chi connectivity index (χ1) is 20.0. The topological polar surface area (TPSA) is 78.5 Å². The highest BCUT2D eigenvalue weighted by atomic mass is 35.5. The number of amides is 3. The fourth-order valence-corrected chi connectivity index (χ4v) is 5.42. The number of rotatable bonds is 8. The largest absolute Gasteiger partial charge is 0.321 e. The maximum Gasteiger partial charge on any atom is 0.272 e. The van der Waals surface area contributed by atoms with Crippen LogP contribution in [0.25, 0.3) is 6.08 Å². The van der Waals surface area contributed by atoms with Gasteiger partial charge in [-0.2, -0.15) is 0 Å². The average Bonchev–Trinajstić information content (AvgIpc) is 3.01. The molecule has 6 nitrogen and oxygen atoms in total. The first kappa shape index (κ1) is 28.2. The van der Waals surface area contributed by atoms with Gasteiger partial charge in [0.1, 0.15) is 5.70 Å². The lowest BCUT2D eigenvalue weighted by molar-refractivity contribution is -0.116. The van der Waals surface area contributed by atoms with Gasteiger partial charge in [0.15, 0.2) is 0 Å². The highest BCUT2D eigenvalue weighted by Crippen LogP contribution is 2.28. The van der Waals surface area contributed by atoms with E-state index in [0.29, 0.717) is 27.6 Å². The van der Waals surface area contributed by atoms with E-state index < -0.39 is 11.8 Å². The van der Waals surface area contributed by atoms with Crippen molar-refractivity contribution in [2.75, 3.05) is 22.5 Å². The molecule has 0 aromatic heterocycles. The maximum absolute atomic E-state index is 13.3. The molecule has 0 aliphatic carbocycles. The van der Waals surface area contributed by atoms with Gasteiger partial charge in [-0.05, 0) is 84.6 Å². The number of thioether (sulfide) groups is 1. The molecule has 4 aromatic rings. The molecule has 206 valence electrons. The predicted molar refractivity (Wildman–Crippen MR) is 166 cm³/mol. The smallest absolute Gasteiger partial charge is 0.272 e. The molecule has 0 unspecified atom stereocenters. The molecule has 0 fully saturated rings. The lowest BCUT2D eigenvalue weighted by atomic mass is 10.0. The van der Waals surface area contributed by atoms with Crippen molar-refractivity contribution in [2.24, 2.45) is 0 Å². The number of nitrogens with zero attached hydrogens (tertiary/aromatic N) is 1. The summed E-state index contributed by atoms with van der Waals surface area (Å²) in [6, 6.07) is 31.0. The predicted octanol–water partition coefficient (Wildman–Crippen LogP) is 6.82. The number of anilines is 2. The summed E-state index contributed by atoms with van der Waals surface area (Å²) in [5.41, 5.74) is 4.01. The van der Waals surface area contributed by atoms with Gasteiger partial charge in [0.25, 0.3) is 11.8 Å². The fraction of sp³-hybridized carbons (Fsp3) is 0.121. The van der Waals surface area contributed by atoms with Crippen molar-refractivity contribution < 1.29 is 14.4 Å². The third-order valence-electron chi connectivity index (χ3n) is 6.60. The van der Waals surface area contributed by atoms with Crippen LogP contribution in [0.4, 0.5) is 11.4 Å². The van der Waals surface area contributed by atoms with Crippen molar-refractivity contribution >= 4 is 58.5 Å². The van der Waals surface area contributed by atoms with Gasteiger partial charge < -0.3 is 15.5 Å². The van der Waals surface area contributed by atoms with Crippen LogP contribution < -0.4 is 15.5 Å². The van der Waals surface area contributed by atoms with Crippen molar-refractivity contribution in [3.05, 3.63) is 131 Å². The zero-order valence-electron chi connectivity index (χ0n) is 22.2. The van der Waals surface area contributed by atoms with Gasteiger partial charge >= 0.3 is 0 Å². The van der Waals surface area contributed by atoms with E-state index in [4.69, 9.17) is 11.6 Å². The summed E-state index contributed by atoms with van der Waals surface area (Å²) in [5.74, 6) is -0.470. The summed E-state index contributed by atoms with van der Waals surface area (Å²) in [5, 5.41) is 6.15. The third kappa shape index (κ3) is 7.45. The summed E-state index contributed by atoms with van der Waals surface area (Å²) < 4.78 is 0. The van der Waals surface area contributed by atoms with Crippen molar-refractivity contribution in [2.45, 2.75) is 17.7 Å². The highest BCUT2D eigenvalue weighted by Gasteiger charge is 2.22. The van der Waals surface area contributed by atoms with Gasteiger partial charge in [0, 0.05) is 33.4 Å². The number of hydrogen-bond acceptors (Lipinski definition) is 4. The number of fused-ring (bicyclic) bond motifs is 1. The number of aryl methyl sites for hydroxylation is 1. The summed E-state index contributed by atoms with van der Waals surface area (Å²) in [6.45, 7) is 0.730. The Morgan fingerprint density at radius 1 is 0.854 bits per heavy atom. The van der Waals surface area contributed by atoms with Crippen molar-refractivity contribution in [1.82, 2.24) is 5.32 Å². The summed E-state index contributed by atoms with van der Waals surface area (Å²) in [4.78, 5) is 41.8. The van der Waals surface area contributed by atoms with Gasteiger partial charge in [-0.1, -0.05) is 60.1 Å². The number of carbonyl (C=O) groups is 3. The van der Waals surface area contributed by atoms with E-state index in [0.717, 1.165) is 30.0 Å². The lowest BCUT2D eigenvalue weighted by Gasteiger charge is -2.29. The zero-order chi connectivity index (χ0) is 28.6. The molecule has 41 heavy (non-hydrogen) atoms. The number of para-hydroxylation sites is 1. The second-order valence-electron chi connectivity index (χ2n) is 9.47. The molecule has 4 aromatic carbocycles. The van der Waals surface area contributed by atoms with Crippen molar-refractivity contribution in [3.8, 4) is 0 Å². The molecule has 1 heterocycles. The number of nitrogens with one attached hydrogen (secondary N) is 2. The van der Waals surface area contributed by atoms with E-state index in [-0.39, 0.29) is 11.6 Å². The first-order valence-electron chi connectivity index (χ1n) is 13.2. The Morgan fingerprint density at radius 2 is 1.56 bits per heavy atom. The Morgan fingerprint density at radius 3 is 2.32 bits per heavy atom. The number of hydrogen-bond donors (Lipinski definition) is 2. The third-order valence-corrected chi connectivity index (χ3v) is 7.84. The van der Waals surface area contributed by atoms with E-state index in [2.05, 4.69) is 16.7 Å². The van der Waals surface area contributed by atoms with E-state index in [1.54, 1.807) is 66.7 Å². The van der Waals surface area contributed by atoms with Crippen LogP contribution in [0, 0.1) is 0 Å². The standard InChI is InChI=1S/C33H28ClN3O3S/c34-26-14-12-23(13-15-26)21-29(36-32(39)25-8-2-1-3-9-25)33(40)35-27-16-18-28(19-17-27)41-22-31(38)37-20-6-10-24-7-4-5-11-30(24)37/h1-5,7-9,11-19,21H,6,10,20,22H2,(H,35,40)(H,36,39)/b29-21-. The highest BCUT2D eigenvalue weighted by molar-refractivity contribution is 8.00. The molecular formula is C33H28ClN3O3S. The molecule has 8 heteroatoms. The van der Waals surface area contributed by atoms with Gasteiger partial charge in [-0.3, -0.25) is 14.4 Å². The van der Waals surface area contributed by atoms with E-state index in [1.807, 2.05) is 41.3 Å². The molecule has 0 saturated carbocycles.